The fourth-order valence-corrected chi connectivity index (χ4v) is 1.37. The van der Waals surface area contributed by atoms with Gasteiger partial charge < -0.3 is 5.11 Å². The molecule has 4 heteroatoms. The average molecular weight is 191 g/mol. The van der Waals surface area contributed by atoms with Gasteiger partial charge in [-0.25, -0.2) is 5.53 Å². The van der Waals surface area contributed by atoms with Gasteiger partial charge in [0.15, 0.2) is 0 Å². The van der Waals surface area contributed by atoms with Gasteiger partial charge in [0, 0.05) is 24.6 Å². The lowest BCUT2D eigenvalue weighted by Gasteiger charge is -2.20. The van der Waals surface area contributed by atoms with Gasteiger partial charge in [-0.2, -0.15) is 5.10 Å². The third-order valence-corrected chi connectivity index (χ3v) is 2.09. The molecule has 0 atom stereocenters. The minimum atomic E-state index is 0.202. The van der Waals surface area contributed by atoms with Gasteiger partial charge in [-0.15, -0.1) is 0 Å². The minimum Gasteiger partial charge on any atom is -0.396 e. The molecule has 1 aliphatic heterocycles. The van der Waals surface area contributed by atoms with Crippen LogP contribution in [0.15, 0.2) is 29.4 Å². The zero-order valence-electron chi connectivity index (χ0n) is 7.85. The summed E-state index contributed by atoms with van der Waals surface area (Å²) in [5.41, 5.74) is 2.90. The molecule has 2 N–H and O–H groups in total. The van der Waals surface area contributed by atoms with Crippen LogP contribution < -0.4 is 16.1 Å². The average Bonchev–Trinajstić information content (AvgIpc) is 2.26. The number of fused-ring (bicyclic) bond motifs is 1. The number of aliphatic hydroxyl groups is 1. The normalized spacial score (nSPS) is 13.6. The van der Waals surface area contributed by atoms with E-state index < -0.39 is 0 Å². The molecule has 0 fully saturated rings. The van der Waals surface area contributed by atoms with Crippen molar-refractivity contribution >= 4 is 6.20 Å². The molecule has 0 spiro atoms. The quantitative estimate of drug-likeness (QED) is 0.655. The number of nitrogens with zero attached hydrogens (tertiary/aromatic N) is 2. The molecule has 14 heavy (non-hydrogen) atoms. The maximum Gasteiger partial charge on any atom is 0.0937 e. The Morgan fingerprint density at radius 2 is 2.21 bits per heavy atom. The largest absolute Gasteiger partial charge is 0.396 e. The van der Waals surface area contributed by atoms with Crippen LogP contribution in [-0.2, 0) is 0 Å². The number of benzene rings is 1. The Labute approximate surface area is 82.1 Å². The van der Waals surface area contributed by atoms with Crippen molar-refractivity contribution in [1.82, 2.24) is 10.5 Å². The monoisotopic (exact) mass is 191 g/mol. The van der Waals surface area contributed by atoms with Crippen LogP contribution in [0.4, 0.5) is 0 Å². The summed E-state index contributed by atoms with van der Waals surface area (Å²) >= 11 is 0. The third kappa shape index (κ3) is 1.85. The molecule has 0 amide bonds. The van der Waals surface area contributed by atoms with E-state index in [1.807, 2.05) is 35.5 Å². The lowest BCUT2D eigenvalue weighted by atomic mass is 10.3. The van der Waals surface area contributed by atoms with Crippen LogP contribution in [0.5, 0.6) is 0 Å². The zero-order valence-corrected chi connectivity index (χ0v) is 7.85. The lowest BCUT2D eigenvalue weighted by molar-refractivity contribution is 0.235. The summed E-state index contributed by atoms with van der Waals surface area (Å²) in [6, 6.07) is 7.93. The number of aliphatic hydroxyl groups excluding tert-OH is 1. The van der Waals surface area contributed by atoms with Crippen molar-refractivity contribution in [2.24, 2.45) is 5.10 Å². The van der Waals surface area contributed by atoms with Crippen LogP contribution in [0.25, 0.3) is 6.20 Å². The Morgan fingerprint density at radius 1 is 1.36 bits per heavy atom. The Bertz CT molecular complexity index is 416. The number of hydrogen-bond donors (Lipinski definition) is 2. The first kappa shape index (κ1) is 9.02. The van der Waals surface area contributed by atoms with Crippen molar-refractivity contribution < 1.29 is 5.11 Å². The first-order chi connectivity index (χ1) is 6.90. The summed E-state index contributed by atoms with van der Waals surface area (Å²) in [5.74, 6) is 0. The fourth-order valence-electron chi connectivity index (χ4n) is 1.37. The van der Waals surface area contributed by atoms with Crippen molar-refractivity contribution in [3.8, 4) is 0 Å². The molecule has 0 radical (unpaired) electrons. The van der Waals surface area contributed by atoms with E-state index in [0.717, 1.165) is 23.5 Å². The number of para-hydroxylation sites is 1. The number of rotatable bonds is 3. The smallest absolute Gasteiger partial charge is 0.0937 e. The van der Waals surface area contributed by atoms with Gasteiger partial charge in [-0.3, -0.25) is 5.01 Å². The molecular formula is C10H13N3O. The van der Waals surface area contributed by atoms with Crippen LogP contribution in [-0.4, -0.2) is 23.3 Å². The predicted octanol–water partition coefficient (Wildman–Crippen LogP) is -0.838. The number of nitrogens with one attached hydrogen (secondary N) is 1. The standard InChI is InChI=1S/C10H13N3O/c14-7-3-6-13-8-9-4-1-2-5-10(9)11-12-13/h1-2,4-5,8,12,14H,3,6-7H2. The van der Waals surface area contributed by atoms with Gasteiger partial charge in [0.1, 0.15) is 0 Å². The fraction of sp³-hybridized carbons (Fsp3) is 0.300. The van der Waals surface area contributed by atoms with E-state index in [0.29, 0.717) is 0 Å². The van der Waals surface area contributed by atoms with E-state index >= 15 is 0 Å². The highest BCUT2D eigenvalue weighted by Gasteiger charge is 2.00. The highest BCUT2D eigenvalue weighted by atomic mass is 16.3. The van der Waals surface area contributed by atoms with Crippen LogP contribution in [0.1, 0.15) is 6.42 Å². The van der Waals surface area contributed by atoms with Gasteiger partial charge in [0.25, 0.3) is 0 Å². The highest BCUT2D eigenvalue weighted by molar-refractivity contribution is 5.22. The van der Waals surface area contributed by atoms with Crippen molar-refractivity contribution in [3.05, 3.63) is 34.8 Å². The Morgan fingerprint density at radius 3 is 3.07 bits per heavy atom. The molecule has 0 saturated carbocycles. The maximum atomic E-state index is 8.69. The second-order valence-electron chi connectivity index (χ2n) is 3.17. The topological polar surface area (TPSA) is 47.9 Å². The van der Waals surface area contributed by atoms with Gasteiger partial charge in [-0.1, -0.05) is 18.2 Å². The third-order valence-electron chi connectivity index (χ3n) is 2.09. The van der Waals surface area contributed by atoms with Gasteiger partial charge in [0.05, 0.1) is 5.36 Å². The van der Waals surface area contributed by atoms with E-state index in [2.05, 4.69) is 10.6 Å². The van der Waals surface area contributed by atoms with Crippen molar-refractivity contribution in [2.45, 2.75) is 6.42 Å². The Hall–Kier alpha value is -1.55. The Balaban J connectivity index is 2.21. The molecule has 1 heterocycles. The van der Waals surface area contributed by atoms with E-state index in [1.54, 1.807) is 0 Å². The lowest BCUT2D eigenvalue weighted by Crippen LogP contribution is -2.42. The second-order valence-corrected chi connectivity index (χ2v) is 3.17. The SMILES string of the molecule is OCCCN1C=c2ccccc2=NN1. The first-order valence-corrected chi connectivity index (χ1v) is 4.68. The van der Waals surface area contributed by atoms with Crippen LogP contribution >= 0.6 is 0 Å². The second kappa shape index (κ2) is 4.11. The maximum absolute atomic E-state index is 8.69. The molecule has 4 nitrogen and oxygen atoms in total. The minimum absolute atomic E-state index is 0.202. The van der Waals surface area contributed by atoms with Crippen molar-refractivity contribution in [3.63, 3.8) is 0 Å². The van der Waals surface area contributed by atoms with Gasteiger partial charge in [-0.05, 0) is 12.5 Å². The molecule has 2 rings (SSSR count). The van der Waals surface area contributed by atoms with E-state index in [1.165, 1.54) is 0 Å². The summed E-state index contributed by atoms with van der Waals surface area (Å²) in [4.78, 5) is 0. The van der Waals surface area contributed by atoms with E-state index in [-0.39, 0.29) is 6.61 Å². The zero-order chi connectivity index (χ0) is 9.80. The molecule has 0 unspecified atom stereocenters. The van der Waals surface area contributed by atoms with Crippen molar-refractivity contribution in [1.29, 1.82) is 0 Å². The number of hydrazine groups is 1. The molecule has 0 aliphatic carbocycles. The summed E-state index contributed by atoms with van der Waals surface area (Å²) in [7, 11) is 0. The Kier molecular flexibility index (Phi) is 2.65. The molecule has 74 valence electrons. The van der Waals surface area contributed by atoms with Crippen LogP contribution in [0.3, 0.4) is 0 Å². The summed E-state index contributed by atoms with van der Waals surface area (Å²) in [5, 5.41) is 16.8. The van der Waals surface area contributed by atoms with Crippen LogP contribution in [0, 0.1) is 0 Å². The molecule has 1 aromatic rings. The molecule has 0 saturated heterocycles. The summed E-state index contributed by atoms with van der Waals surface area (Å²) < 4.78 is 0. The summed E-state index contributed by atoms with van der Waals surface area (Å²) in [6.07, 6.45) is 2.74. The molecule has 1 aromatic carbocycles. The first-order valence-electron chi connectivity index (χ1n) is 4.68. The van der Waals surface area contributed by atoms with E-state index in [9.17, 15) is 0 Å². The highest BCUT2D eigenvalue weighted by Crippen LogP contribution is 1.89. The predicted molar refractivity (Wildman–Crippen MR) is 53.2 cm³/mol. The van der Waals surface area contributed by atoms with E-state index in [4.69, 9.17) is 5.11 Å². The number of hydrogen-bond acceptors (Lipinski definition) is 4. The molecular weight excluding hydrogens is 178 g/mol. The molecule has 0 aromatic heterocycles. The molecule has 0 bridgehead atoms. The van der Waals surface area contributed by atoms with Gasteiger partial charge in [0.2, 0.25) is 0 Å². The van der Waals surface area contributed by atoms with Crippen LogP contribution in [0.2, 0.25) is 0 Å². The van der Waals surface area contributed by atoms with Crippen molar-refractivity contribution in [2.75, 3.05) is 13.2 Å². The van der Waals surface area contributed by atoms with Gasteiger partial charge >= 0.3 is 0 Å². The summed E-state index contributed by atoms with van der Waals surface area (Å²) in [6.45, 7) is 0.960. The molecule has 1 aliphatic rings.